The first kappa shape index (κ1) is 11.7. The average Bonchev–Trinajstić information content (AvgIpc) is 3.12. The third kappa shape index (κ3) is 1.70. The largest absolute Gasteiger partial charge is 0.462 e. The number of carbonyl (C=O) groups excluding carboxylic acids is 1. The fourth-order valence-electron chi connectivity index (χ4n) is 3.25. The van der Waals surface area contributed by atoms with Gasteiger partial charge in [-0.15, -0.1) is 0 Å². The Morgan fingerprint density at radius 1 is 1.26 bits per heavy atom. The molecular formula is C15H13BrO3. The highest BCUT2D eigenvalue weighted by molar-refractivity contribution is 9.10. The van der Waals surface area contributed by atoms with Crippen molar-refractivity contribution in [1.82, 2.24) is 0 Å². The first-order valence-corrected chi connectivity index (χ1v) is 7.31. The van der Waals surface area contributed by atoms with Crippen molar-refractivity contribution in [3.63, 3.8) is 0 Å². The highest BCUT2D eigenvalue weighted by atomic mass is 79.9. The predicted molar refractivity (Wildman–Crippen MR) is 72.5 cm³/mol. The first-order chi connectivity index (χ1) is 9.19. The smallest absolute Gasteiger partial charge is 0.334 e. The molecule has 0 saturated carbocycles. The van der Waals surface area contributed by atoms with Crippen molar-refractivity contribution in [3.8, 4) is 0 Å². The molecule has 2 saturated heterocycles. The standard InChI is InChI=1S/C15H13BrO3/c16-11-3-1-10(2-4-11)15-8-9-5-6-18-14(17)12(9)7-13(15)19-15/h1-4,7,9,13H,5-6,8H2/t9-,13+,15+/m1/s1. The molecule has 0 spiro atoms. The minimum Gasteiger partial charge on any atom is -0.462 e. The van der Waals surface area contributed by atoms with Crippen LogP contribution < -0.4 is 0 Å². The molecule has 98 valence electrons. The Labute approximate surface area is 119 Å². The number of halogens is 1. The lowest BCUT2D eigenvalue weighted by Gasteiger charge is -2.29. The number of benzene rings is 1. The molecule has 4 heteroatoms. The van der Waals surface area contributed by atoms with Crippen LogP contribution in [0.15, 0.2) is 40.4 Å². The van der Waals surface area contributed by atoms with Gasteiger partial charge in [0.05, 0.1) is 6.61 Å². The van der Waals surface area contributed by atoms with Gasteiger partial charge in [0.25, 0.3) is 0 Å². The van der Waals surface area contributed by atoms with Gasteiger partial charge in [-0.2, -0.15) is 0 Å². The minimum absolute atomic E-state index is 0.0329. The Morgan fingerprint density at radius 3 is 2.84 bits per heavy atom. The summed E-state index contributed by atoms with van der Waals surface area (Å²) in [5, 5.41) is 0. The van der Waals surface area contributed by atoms with E-state index in [2.05, 4.69) is 28.1 Å². The molecule has 3 nitrogen and oxygen atoms in total. The van der Waals surface area contributed by atoms with Crippen molar-refractivity contribution >= 4 is 21.9 Å². The molecule has 1 aromatic carbocycles. The van der Waals surface area contributed by atoms with Gasteiger partial charge in [-0.3, -0.25) is 0 Å². The molecule has 2 fully saturated rings. The summed E-state index contributed by atoms with van der Waals surface area (Å²) < 4.78 is 12.1. The summed E-state index contributed by atoms with van der Waals surface area (Å²) in [6.07, 6.45) is 3.80. The monoisotopic (exact) mass is 320 g/mol. The molecular weight excluding hydrogens is 308 g/mol. The van der Waals surface area contributed by atoms with Crippen LogP contribution in [-0.2, 0) is 19.9 Å². The Hall–Kier alpha value is -1.13. The maximum absolute atomic E-state index is 11.7. The van der Waals surface area contributed by atoms with Crippen LogP contribution in [-0.4, -0.2) is 18.7 Å². The molecule has 0 N–H and O–H groups in total. The summed E-state index contributed by atoms with van der Waals surface area (Å²) in [4.78, 5) is 11.7. The predicted octanol–water partition coefficient (Wildman–Crippen LogP) is 2.94. The highest BCUT2D eigenvalue weighted by Crippen LogP contribution is 2.57. The van der Waals surface area contributed by atoms with E-state index in [-0.39, 0.29) is 23.6 Å². The van der Waals surface area contributed by atoms with Crippen molar-refractivity contribution in [3.05, 3.63) is 46.0 Å². The molecule has 2 aliphatic heterocycles. The van der Waals surface area contributed by atoms with E-state index in [1.165, 1.54) is 5.56 Å². The lowest BCUT2D eigenvalue weighted by atomic mass is 9.76. The molecule has 0 bridgehead atoms. The zero-order valence-corrected chi connectivity index (χ0v) is 11.9. The molecule has 3 atom stereocenters. The third-order valence-corrected chi connectivity index (χ3v) is 4.86. The van der Waals surface area contributed by atoms with Crippen LogP contribution in [0.4, 0.5) is 0 Å². The maximum Gasteiger partial charge on any atom is 0.334 e. The van der Waals surface area contributed by atoms with Crippen molar-refractivity contribution < 1.29 is 14.3 Å². The van der Waals surface area contributed by atoms with E-state index in [0.717, 1.165) is 22.9 Å². The summed E-state index contributed by atoms with van der Waals surface area (Å²) >= 11 is 3.45. The molecule has 4 rings (SSSR count). The second kappa shape index (κ2) is 3.93. The lowest BCUT2D eigenvalue weighted by molar-refractivity contribution is -0.143. The Kier molecular flexibility index (Phi) is 2.42. The summed E-state index contributed by atoms with van der Waals surface area (Å²) in [5.74, 6) is 0.125. The van der Waals surface area contributed by atoms with E-state index in [0.29, 0.717) is 6.61 Å². The van der Waals surface area contributed by atoms with Crippen LogP contribution in [0.5, 0.6) is 0 Å². The highest BCUT2D eigenvalue weighted by Gasteiger charge is 2.61. The Morgan fingerprint density at radius 2 is 2.05 bits per heavy atom. The SMILES string of the molecule is O=C1OCC[C@@H]2C[C@@]3(c4ccc(Br)cc4)O[C@H]3C=C12. The zero-order chi connectivity index (χ0) is 13.0. The van der Waals surface area contributed by atoms with Crippen molar-refractivity contribution in [2.75, 3.05) is 6.61 Å². The third-order valence-electron chi connectivity index (χ3n) is 4.33. The second-order valence-corrected chi connectivity index (χ2v) is 6.30. The number of rotatable bonds is 1. The number of hydrogen-bond acceptors (Lipinski definition) is 3. The fraction of sp³-hybridized carbons (Fsp3) is 0.400. The average molecular weight is 321 g/mol. The number of epoxide rings is 1. The molecule has 3 aliphatic rings. The van der Waals surface area contributed by atoms with Gasteiger partial charge in [-0.05, 0) is 42.5 Å². The van der Waals surface area contributed by atoms with E-state index in [1.54, 1.807) is 0 Å². The summed E-state index contributed by atoms with van der Waals surface area (Å²) in [6.45, 7) is 0.530. The molecule has 0 unspecified atom stereocenters. The number of cyclic esters (lactones) is 1. The molecule has 0 amide bonds. The molecule has 1 aromatic rings. The summed E-state index contributed by atoms with van der Waals surface area (Å²) in [5.41, 5.74) is 1.82. The van der Waals surface area contributed by atoms with Crippen LogP contribution in [0.25, 0.3) is 0 Å². The molecule has 0 aromatic heterocycles. The van der Waals surface area contributed by atoms with Crippen LogP contribution in [0.2, 0.25) is 0 Å². The zero-order valence-electron chi connectivity index (χ0n) is 10.3. The number of esters is 1. The van der Waals surface area contributed by atoms with Gasteiger partial charge in [0.15, 0.2) is 0 Å². The van der Waals surface area contributed by atoms with E-state index >= 15 is 0 Å². The molecule has 1 aliphatic carbocycles. The number of hydrogen-bond donors (Lipinski definition) is 0. The van der Waals surface area contributed by atoms with Crippen LogP contribution >= 0.6 is 15.9 Å². The maximum atomic E-state index is 11.7. The minimum atomic E-state index is -0.202. The van der Waals surface area contributed by atoms with Crippen molar-refractivity contribution in [2.24, 2.45) is 5.92 Å². The van der Waals surface area contributed by atoms with Crippen molar-refractivity contribution in [1.29, 1.82) is 0 Å². The van der Waals surface area contributed by atoms with Crippen LogP contribution in [0.1, 0.15) is 18.4 Å². The summed E-state index contributed by atoms with van der Waals surface area (Å²) in [6, 6.07) is 8.28. The second-order valence-electron chi connectivity index (χ2n) is 5.38. The first-order valence-electron chi connectivity index (χ1n) is 6.52. The topological polar surface area (TPSA) is 38.8 Å². The van der Waals surface area contributed by atoms with Crippen LogP contribution in [0.3, 0.4) is 0 Å². The van der Waals surface area contributed by atoms with Crippen molar-refractivity contribution in [2.45, 2.75) is 24.5 Å². The van der Waals surface area contributed by atoms with Gasteiger partial charge in [0, 0.05) is 10.0 Å². The van der Waals surface area contributed by atoms with Gasteiger partial charge in [-0.1, -0.05) is 28.1 Å². The normalized spacial score (nSPS) is 35.8. The van der Waals surface area contributed by atoms with Gasteiger partial charge in [0.2, 0.25) is 0 Å². The van der Waals surface area contributed by atoms with E-state index in [1.807, 2.05) is 18.2 Å². The van der Waals surface area contributed by atoms with Gasteiger partial charge < -0.3 is 9.47 Å². The van der Waals surface area contributed by atoms with E-state index < -0.39 is 0 Å². The van der Waals surface area contributed by atoms with E-state index in [9.17, 15) is 4.79 Å². The number of carbonyl (C=O) groups is 1. The molecule has 0 radical (unpaired) electrons. The lowest BCUT2D eigenvalue weighted by Crippen LogP contribution is -2.32. The quantitative estimate of drug-likeness (QED) is 0.590. The molecule has 2 heterocycles. The number of ether oxygens (including phenoxy) is 2. The Balaban J connectivity index is 1.70. The van der Waals surface area contributed by atoms with Gasteiger partial charge >= 0.3 is 5.97 Å². The van der Waals surface area contributed by atoms with E-state index in [4.69, 9.17) is 9.47 Å². The summed E-state index contributed by atoms with van der Waals surface area (Å²) in [7, 11) is 0. The van der Waals surface area contributed by atoms with Gasteiger partial charge in [-0.25, -0.2) is 4.79 Å². The Bertz CT molecular complexity index is 578. The fourth-order valence-corrected chi connectivity index (χ4v) is 3.52. The van der Waals surface area contributed by atoms with Gasteiger partial charge in [0.1, 0.15) is 11.7 Å². The molecule has 19 heavy (non-hydrogen) atoms. The number of fused-ring (bicyclic) bond motifs is 2. The van der Waals surface area contributed by atoms with Crippen LogP contribution in [0, 0.1) is 5.92 Å².